The van der Waals surface area contributed by atoms with Gasteiger partial charge in [-0.3, -0.25) is 4.79 Å². The van der Waals surface area contributed by atoms with Crippen molar-refractivity contribution in [3.63, 3.8) is 0 Å². The first-order chi connectivity index (χ1) is 7.09. The normalized spacial score (nSPS) is 26.1. The summed E-state index contributed by atoms with van der Waals surface area (Å²) in [6.45, 7) is 0. The van der Waals surface area contributed by atoms with Gasteiger partial charge >= 0.3 is 0 Å². The van der Waals surface area contributed by atoms with Crippen LogP contribution in [0.5, 0.6) is 0 Å². The van der Waals surface area contributed by atoms with Gasteiger partial charge in [0.2, 0.25) is 5.91 Å². The number of amides is 1. The maximum absolute atomic E-state index is 11.5. The zero-order valence-corrected chi connectivity index (χ0v) is 9.24. The molecule has 1 heterocycles. The maximum atomic E-state index is 11.5. The molecule has 0 aromatic heterocycles. The van der Waals surface area contributed by atoms with Gasteiger partial charge in [0.05, 0.1) is 6.04 Å². The summed E-state index contributed by atoms with van der Waals surface area (Å²) in [4.78, 5) is 13.2. The smallest absolute Gasteiger partial charge is 0.224 e. The van der Waals surface area contributed by atoms with E-state index >= 15 is 0 Å². The Labute approximate surface area is 93.8 Å². The molecule has 80 valence electrons. The van der Waals surface area contributed by atoms with E-state index in [0.29, 0.717) is 11.4 Å². The number of carbonyl (C=O) groups is 1. The summed E-state index contributed by atoms with van der Waals surface area (Å²) < 4.78 is 0. The maximum Gasteiger partial charge on any atom is 0.224 e. The van der Waals surface area contributed by atoms with Crippen LogP contribution >= 0.6 is 11.6 Å². The highest BCUT2D eigenvalue weighted by molar-refractivity contribution is 6.30. The Morgan fingerprint density at radius 1 is 1.53 bits per heavy atom. The van der Waals surface area contributed by atoms with Gasteiger partial charge < -0.3 is 10.6 Å². The van der Waals surface area contributed by atoms with Crippen LogP contribution in [0.2, 0.25) is 5.02 Å². The highest BCUT2D eigenvalue weighted by Gasteiger charge is 2.35. The molecule has 0 aliphatic carbocycles. The number of nitrogens with zero attached hydrogens (tertiary/aromatic N) is 1. The molecule has 2 rings (SSSR count). The number of nitrogens with two attached hydrogens (primary N) is 1. The summed E-state index contributed by atoms with van der Waals surface area (Å²) in [5, 5.41) is 0.674. The zero-order valence-electron chi connectivity index (χ0n) is 8.48. The molecule has 1 amide bonds. The first-order valence-corrected chi connectivity index (χ1v) is 5.24. The van der Waals surface area contributed by atoms with Crippen molar-refractivity contribution in [3.05, 3.63) is 34.9 Å². The summed E-state index contributed by atoms with van der Waals surface area (Å²) >= 11 is 5.91. The number of likely N-dealkylation sites (N-methyl/N-ethyl adjacent to an activating group) is 1. The average molecular weight is 225 g/mol. The number of rotatable bonds is 1. The quantitative estimate of drug-likeness (QED) is 0.787. The third-order valence-corrected chi connectivity index (χ3v) is 3.05. The fourth-order valence-corrected chi connectivity index (χ4v) is 2.26. The van der Waals surface area contributed by atoms with Gasteiger partial charge in [0.25, 0.3) is 0 Å². The molecular weight excluding hydrogens is 212 g/mol. The van der Waals surface area contributed by atoms with E-state index < -0.39 is 0 Å². The fourth-order valence-electron chi connectivity index (χ4n) is 2.06. The molecule has 1 fully saturated rings. The third-order valence-electron chi connectivity index (χ3n) is 2.82. The largest absolute Gasteiger partial charge is 0.337 e. The summed E-state index contributed by atoms with van der Waals surface area (Å²) in [6, 6.07) is 7.32. The molecule has 2 N–H and O–H groups in total. The number of halogens is 1. The standard InChI is InChI=1S/C11H13ClN2O/c1-14-10(15)6-9(13)11(14)7-3-2-4-8(12)5-7/h2-5,9,11H,6,13H2,1H3. The lowest BCUT2D eigenvalue weighted by Gasteiger charge is -2.23. The van der Waals surface area contributed by atoms with Gasteiger partial charge in [0.15, 0.2) is 0 Å². The van der Waals surface area contributed by atoms with Gasteiger partial charge in [0.1, 0.15) is 0 Å². The number of carbonyl (C=O) groups excluding carboxylic acids is 1. The third kappa shape index (κ3) is 1.85. The summed E-state index contributed by atoms with van der Waals surface area (Å²) in [5.74, 6) is 0.0903. The highest BCUT2D eigenvalue weighted by Crippen LogP contribution is 2.31. The van der Waals surface area contributed by atoms with E-state index in [-0.39, 0.29) is 18.0 Å². The van der Waals surface area contributed by atoms with Crippen molar-refractivity contribution in [2.24, 2.45) is 5.73 Å². The molecule has 1 aliphatic rings. The average Bonchev–Trinajstić information content (AvgIpc) is 2.41. The first kappa shape index (κ1) is 10.5. The highest BCUT2D eigenvalue weighted by atomic mass is 35.5. The Bertz CT molecular complexity index is 394. The van der Waals surface area contributed by atoms with E-state index in [0.717, 1.165) is 5.56 Å². The molecule has 4 heteroatoms. The summed E-state index contributed by atoms with van der Waals surface area (Å²) in [7, 11) is 1.78. The fraction of sp³-hybridized carbons (Fsp3) is 0.364. The lowest BCUT2D eigenvalue weighted by molar-refractivity contribution is -0.127. The molecule has 15 heavy (non-hydrogen) atoms. The van der Waals surface area contributed by atoms with E-state index in [1.54, 1.807) is 11.9 Å². The van der Waals surface area contributed by atoms with Gasteiger partial charge in [-0.05, 0) is 17.7 Å². The monoisotopic (exact) mass is 224 g/mol. The van der Waals surface area contributed by atoms with Crippen LogP contribution < -0.4 is 5.73 Å². The molecule has 1 aliphatic heterocycles. The van der Waals surface area contributed by atoms with Crippen molar-refractivity contribution in [2.45, 2.75) is 18.5 Å². The zero-order chi connectivity index (χ0) is 11.0. The van der Waals surface area contributed by atoms with Crippen molar-refractivity contribution < 1.29 is 4.79 Å². The van der Waals surface area contributed by atoms with Crippen LogP contribution in [-0.4, -0.2) is 23.9 Å². The molecule has 1 aromatic rings. The number of hydrogen-bond acceptors (Lipinski definition) is 2. The van der Waals surface area contributed by atoms with E-state index in [9.17, 15) is 4.79 Å². The minimum absolute atomic E-state index is 0.0452. The van der Waals surface area contributed by atoms with Crippen molar-refractivity contribution in [3.8, 4) is 0 Å². The van der Waals surface area contributed by atoms with Crippen LogP contribution in [-0.2, 0) is 4.79 Å². The molecule has 2 atom stereocenters. The molecule has 2 unspecified atom stereocenters. The molecular formula is C11H13ClN2O. The van der Waals surface area contributed by atoms with Gasteiger partial charge in [0, 0.05) is 24.5 Å². The van der Waals surface area contributed by atoms with Gasteiger partial charge in [-0.2, -0.15) is 0 Å². The van der Waals surface area contributed by atoms with E-state index in [1.807, 2.05) is 24.3 Å². The Morgan fingerprint density at radius 3 is 2.80 bits per heavy atom. The van der Waals surface area contributed by atoms with Crippen molar-refractivity contribution in [2.75, 3.05) is 7.05 Å². The van der Waals surface area contributed by atoms with Crippen LogP contribution in [0.3, 0.4) is 0 Å². The summed E-state index contributed by atoms with van der Waals surface area (Å²) in [6.07, 6.45) is 0.410. The van der Waals surface area contributed by atoms with Gasteiger partial charge in [-0.1, -0.05) is 23.7 Å². The minimum atomic E-state index is -0.138. The SMILES string of the molecule is CN1C(=O)CC(N)C1c1cccc(Cl)c1. The predicted molar refractivity (Wildman–Crippen MR) is 59.6 cm³/mol. The predicted octanol–water partition coefficient (Wildman–Crippen LogP) is 1.57. The van der Waals surface area contributed by atoms with Crippen molar-refractivity contribution in [1.82, 2.24) is 4.90 Å². The van der Waals surface area contributed by atoms with Crippen molar-refractivity contribution in [1.29, 1.82) is 0 Å². The van der Waals surface area contributed by atoms with E-state index in [4.69, 9.17) is 17.3 Å². The molecule has 0 radical (unpaired) electrons. The van der Waals surface area contributed by atoms with E-state index in [1.165, 1.54) is 0 Å². The van der Waals surface area contributed by atoms with Gasteiger partial charge in [-0.25, -0.2) is 0 Å². The molecule has 1 aromatic carbocycles. The lowest BCUT2D eigenvalue weighted by Crippen LogP contribution is -2.30. The van der Waals surface area contributed by atoms with Crippen LogP contribution in [0, 0.1) is 0 Å². The number of likely N-dealkylation sites (tertiary alicyclic amines) is 1. The Balaban J connectivity index is 2.34. The molecule has 0 spiro atoms. The van der Waals surface area contributed by atoms with Crippen LogP contribution in [0.25, 0.3) is 0 Å². The molecule has 0 saturated carbocycles. The van der Waals surface area contributed by atoms with Crippen LogP contribution in [0.1, 0.15) is 18.0 Å². The molecule has 1 saturated heterocycles. The Hall–Kier alpha value is -1.06. The Morgan fingerprint density at radius 2 is 2.27 bits per heavy atom. The number of hydrogen-bond donors (Lipinski definition) is 1. The second-order valence-corrected chi connectivity index (χ2v) is 4.31. The van der Waals surface area contributed by atoms with Crippen LogP contribution in [0.4, 0.5) is 0 Å². The van der Waals surface area contributed by atoms with Crippen LogP contribution in [0.15, 0.2) is 24.3 Å². The van der Waals surface area contributed by atoms with Crippen molar-refractivity contribution >= 4 is 17.5 Å². The van der Waals surface area contributed by atoms with Gasteiger partial charge in [-0.15, -0.1) is 0 Å². The molecule has 3 nitrogen and oxygen atoms in total. The second kappa shape index (κ2) is 3.83. The van der Waals surface area contributed by atoms with E-state index in [2.05, 4.69) is 0 Å². The minimum Gasteiger partial charge on any atom is -0.337 e. The second-order valence-electron chi connectivity index (χ2n) is 3.87. The molecule has 0 bridgehead atoms. The lowest BCUT2D eigenvalue weighted by atomic mass is 10.0. The topological polar surface area (TPSA) is 46.3 Å². The summed E-state index contributed by atoms with van der Waals surface area (Å²) in [5.41, 5.74) is 6.94. The Kier molecular flexibility index (Phi) is 2.67. The first-order valence-electron chi connectivity index (χ1n) is 4.86. The number of benzene rings is 1.